The predicted octanol–water partition coefficient (Wildman–Crippen LogP) is 5.50. The summed E-state index contributed by atoms with van der Waals surface area (Å²) in [7, 11) is 1.85. The third kappa shape index (κ3) is 4.03. The van der Waals surface area contributed by atoms with E-state index >= 15 is 0 Å². The lowest BCUT2D eigenvalue weighted by atomic mass is 10.1. The number of thiophene rings is 1. The molecule has 2 unspecified atom stereocenters. The molecule has 4 aromatic rings. The Bertz CT molecular complexity index is 1190. The van der Waals surface area contributed by atoms with E-state index in [9.17, 15) is 9.18 Å². The van der Waals surface area contributed by atoms with E-state index in [-0.39, 0.29) is 23.6 Å². The van der Waals surface area contributed by atoms with Crippen LogP contribution in [-0.2, 0) is 11.3 Å². The van der Waals surface area contributed by atoms with Crippen LogP contribution in [0.5, 0.6) is 0 Å². The first-order valence-electron chi connectivity index (χ1n) is 10.3. The van der Waals surface area contributed by atoms with Crippen LogP contribution in [-0.4, -0.2) is 27.6 Å². The fourth-order valence-electron chi connectivity index (χ4n) is 4.02. The molecule has 31 heavy (non-hydrogen) atoms. The van der Waals surface area contributed by atoms with Crippen LogP contribution in [0.2, 0.25) is 0 Å². The summed E-state index contributed by atoms with van der Waals surface area (Å²) in [5.74, 6) is 0.0176. The van der Waals surface area contributed by atoms with Crippen LogP contribution in [0.15, 0.2) is 78.3 Å². The summed E-state index contributed by atoms with van der Waals surface area (Å²) in [5, 5.41) is 6.85. The molecule has 1 fully saturated rings. The second kappa shape index (κ2) is 8.12. The maximum absolute atomic E-state index is 13.2. The molecule has 6 heteroatoms. The molecule has 1 aliphatic rings. The Morgan fingerprint density at radius 1 is 1.13 bits per heavy atom. The predicted molar refractivity (Wildman–Crippen MR) is 121 cm³/mol. The molecule has 0 N–H and O–H groups in total. The van der Waals surface area contributed by atoms with Gasteiger partial charge in [0.05, 0.1) is 10.6 Å². The quantitative estimate of drug-likeness (QED) is 0.404. The van der Waals surface area contributed by atoms with Crippen LogP contribution in [0.3, 0.4) is 0 Å². The van der Waals surface area contributed by atoms with Crippen molar-refractivity contribution in [2.24, 2.45) is 5.92 Å². The number of nitrogens with zero attached hydrogens (tertiary/aromatic N) is 3. The Morgan fingerprint density at radius 2 is 1.90 bits per heavy atom. The maximum Gasteiger partial charge on any atom is 0.226 e. The molecule has 0 aliphatic heterocycles. The second-order valence-electron chi connectivity index (χ2n) is 7.95. The van der Waals surface area contributed by atoms with Gasteiger partial charge in [0.15, 0.2) is 0 Å². The third-order valence-corrected chi connectivity index (χ3v) is 6.63. The fraction of sp³-hybridized carbons (Fsp3) is 0.200. The van der Waals surface area contributed by atoms with Gasteiger partial charge in [0.1, 0.15) is 11.5 Å². The van der Waals surface area contributed by atoms with Gasteiger partial charge in [-0.15, -0.1) is 11.3 Å². The van der Waals surface area contributed by atoms with Gasteiger partial charge in [-0.25, -0.2) is 9.07 Å². The first-order chi connectivity index (χ1) is 15.1. The average Bonchev–Trinajstić information content (AvgIpc) is 3.19. The molecular weight excluding hydrogens is 409 g/mol. The molecule has 2 aromatic heterocycles. The topological polar surface area (TPSA) is 38.1 Å². The summed E-state index contributed by atoms with van der Waals surface area (Å²) < 4.78 is 15.1. The van der Waals surface area contributed by atoms with Crippen molar-refractivity contribution in [3.63, 3.8) is 0 Å². The van der Waals surface area contributed by atoms with Crippen molar-refractivity contribution in [2.45, 2.75) is 18.9 Å². The average molecular weight is 432 g/mol. The first kappa shape index (κ1) is 19.7. The number of amides is 1. The summed E-state index contributed by atoms with van der Waals surface area (Å²) in [5.41, 5.74) is 3.94. The van der Waals surface area contributed by atoms with Crippen LogP contribution in [0.4, 0.5) is 4.39 Å². The molecule has 0 bridgehead atoms. The molecule has 1 amide bonds. The number of para-hydroxylation sites is 1. The standard InChI is InChI=1S/C25H22FN3OS/c1-28(25(30)22-14-21(22)17-9-11-19(26)12-10-17)15-18-16-29(20-6-3-2-4-7-20)27-24(18)23-8-5-13-31-23/h2-13,16,21-22H,14-15H2,1H3. The van der Waals surface area contributed by atoms with E-state index in [1.807, 2.05) is 59.7 Å². The monoisotopic (exact) mass is 431 g/mol. The molecule has 0 spiro atoms. The zero-order valence-corrected chi connectivity index (χ0v) is 17.9. The minimum Gasteiger partial charge on any atom is -0.341 e. The van der Waals surface area contributed by atoms with Crippen LogP contribution < -0.4 is 0 Å². The van der Waals surface area contributed by atoms with Crippen molar-refractivity contribution in [3.8, 4) is 16.3 Å². The van der Waals surface area contributed by atoms with Gasteiger partial charge in [-0.1, -0.05) is 36.4 Å². The highest BCUT2D eigenvalue weighted by atomic mass is 32.1. The molecule has 4 nitrogen and oxygen atoms in total. The number of benzene rings is 2. The highest BCUT2D eigenvalue weighted by Crippen LogP contribution is 2.48. The minimum absolute atomic E-state index is 0.0372. The third-order valence-electron chi connectivity index (χ3n) is 5.75. The fourth-order valence-corrected chi connectivity index (χ4v) is 4.77. The highest BCUT2D eigenvalue weighted by Gasteiger charge is 2.45. The van der Waals surface area contributed by atoms with Crippen molar-refractivity contribution in [1.82, 2.24) is 14.7 Å². The van der Waals surface area contributed by atoms with Gasteiger partial charge in [0, 0.05) is 31.3 Å². The molecule has 2 aromatic carbocycles. The van der Waals surface area contributed by atoms with E-state index in [1.54, 1.807) is 28.4 Å². The maximum atomic E-state index is 13.2. The molecule has 156 valence electrons. The summed E-state index contributed by atoms with van der Waals surface area (Å²) in [6.07, 6.45) is 2.83. The zero-order chi connectivity index (χ0) is 21.4. The lowest BCUT2D eigenvalue weighted by molar-refractivity contribution is -0.131. The first-order valence-corrected chi connectivity index (χ1v) is 11.2. The van der Waals surface area contributed by atoms with E-state index in [1.165, 1.54) is 12.1 Å². The Morgan fingerprint density at radius 3 is 2.61 bits per heavy atom. The Kier molecular flexibility index (Phi) is 5.16. The molecule has 0 radical (unpaired) electrons. The summed E-state index contributed by atoms with van der Waals surface area (Å²) in [6, 6.07) is 20.5. The zero-order valence-electron chi connectivity index (χ0n) is 17.1. The Hall–Kier alpha value is -3.25. The minimum atomic E-state index is -0.249. The van der Waals surface area contributed by atoms with Gasteiger partial charge in [0.25, 0.3) is 0 Å². The number of rotatable bonds is 6. The lowest BCUT2D eigenvalue weighted by Crippen LogP contribution is -2.28. The Labute approximate surface area is 184 Å². The van der Waals surface area contributed by atoms with Crippen LogP contribution >= 0.6 is 11.3 Å². The van der Waals surface area contributed by atoms with Gasteiger partial charge < -0.3 is 4.90 Å². The van der Waals surface area contributed by atoms with Gasteiger partial charge in [0.2, 0.25) is 5.91 Å². The second-order valence-corrected chi connectivity index (χ2v) is 8.90. The van der Waals surface area contributed by atoms with E-state index in [2.05, 4.69) is 6.07 Å². The number of carbonyl (C=O) groups is 1. The number of halogens is 1. The van der Waals surface area contributed by atoms with E-state index < -0.39 is 0 Å². The van der Waals surface area contributed by atoms with Crippen molar-refractivity contribution >= 4 is 17.2 Å². The van der Waals surface area contributed by atoms with Gasteiger partial charge in [-0.3, -0.25) is 4.79 Å². The number of hydrogen-bond acceptors (Lipinski definition) is 3. The van der Waals surface area contributed by atoms with Crippen LogP contribution in [0, 0.1) is 11.7 Å². The summed E-state index contributed by atoms with van der Waals surface area (Å²) in [6.45, 7) is 0.492. The highest BCUT2D eigenvalue weighted by molar-refractivity contribution is 7.13. The van der Waals surface area contributed by atoms with Crippen molar-refractivity contribution in [2.75, 3.05) is 7.05 Å². The van der Waals surface area contributed by atoms with Gasteiger partial charge in [-0.2, -0.15) is 5.10 Å². The largest absolute Gasteiger partial charge is 0.341 e. The molecular formula is C25H22FN3OS. The van der Waals surface area contributed by atoms with Crippen LogP contribution in [0.25, 0.3) is 16.3 Å². The van der Waals surface area contributed by atoms with Crippen molar-refractivity contribution < 1.29 is 9.18 Å². The normalized spacial score (nSPS) is 17.5. The van der Waals surface area contributed by atoms with Gasteiger partial charge in [-0.05, 0) is 53.6 Å². The van der Waals surface area contributed by atoms with E-state index in [0.717, 1.165) is 33.8 Å². The smallest absolute Gasteiger partial charge is 0.226 e. The Balaban J connectivity index is 1.36. The van der Waals surface area contributed by atoms with Crippen molar-refractivity contribution in [1.29, 1.82) is 0 Å². The van der Waals surface area contributed by atoms with Crippen molar-refractivity contribution in [3.05, 3.63) is 95.3 Å². The lowest BCUT2D eigenvalue weighted by Gasteiger charge is -2.17. The van der Waals surface area contributed by atoms with E-state index in [0.29, 0.717) is 6.54 Å². The molecule has 2 heterocycles. The SMILES string of the molecule is CN(Cc1cn(-c2ccccc2)nc1-c1cccs1)C(=O)C1CC1c1ccc(F)cc1. The molecule has 1 saturated carbocycles. The summed E-state index contributed by atoms with van der Waals surface area (Å²) in [4.78, 5) is 15.9. The number of hydrogen-bond donors (Lipinski definition) is 0. The van der Waals surface area contributed by atoms with Crippen LogP contribution in [0.1, 0.15) is 23.5 Å². The molecule has 2 atom stereocenters. The van der Waals surface area contributed by atoms with Gasteiger partial charge >= 0.3 is 0 Å². The molecule has 5 rings (SSSR count). The molecule has 1 aliphatic carbocycles. The number of aromatic nitrogens is 2. The number of carbonyl (C=O) groups excluding carboxylic acids is 1. The van der Waals surface area contributed by atoms with E-state index in [4.69, 9.17) is 5.10 Å². The summed E-state index contributed by atoms with van der Waals surface area (Å²) >= 11 is 1.64. The molecule has 0 saturated heterocycles.